The number of aromatic nitrogens is 2. The summed E-state index contributed by atoms with van der Waals surface area (Å²) in [5.74, 6) is 0. The third-order valence-electron chi connectivity index (χ3n) is 2.16. The fraction of sp³-hybridized carbons (Fsp3) is 0.0769. The van der Waals surface area contributed by atoms with E-state index in [1.807, 2.05) is 30.3 Å². The molecule has 0 unspecified atom stereocenters. The molecule has 0 aliphatic heterocycles. The quantitative estimate of drug-likeness (QED) is 0.705. The number of rotatable bonds is 3. The van der Waals surface area contributed by atoms with Crippen molar-refractivity contribution in [2.75, 3.05) is 0 Å². The molecule has 0 aliphatic rings. The van der Waals surface area contributed by atoms with Gasteiger partial charge in [0.05, 0.1) is 11.4 Å². The summed E-state index contributed by atoms with van der Waals surface area (Å²) < 4.78 is 0. The summed E-state index contributed by atoms with van der Waals surface area (Å²) in [6.07, 6.45) is 6.27. The summed E-state index contributed by atoms with van der Waals surface area (Å²) in [6, 6.07) is 9.83. The van der Waals surface area contributed by atoms with Gasteiger partial charge < -0.3 is 0 Å². The second-order valence-electron chi connectivity index (χ2n) is 3.22. The largest absolute Gasteiger partial charge is 0.255 e. The Bertz CT molecular complexity index is 449. The van der Waals surface area contributed by atoms with Gasteiger partial charge in [0, 0.05) is 12.4 Å². The summed E-state index contributed by atoms with van der Waals surface area (Å²) >= 11 is 0. The summed E-state index contributed by atoms with van der Waals surface area (Å²) in [5, 5.41) is 0. The molecule has 0 amide bonds. The maximum atomic E-state index is 4.36. The first kappa shape index (κ1) is 9.59. The van der Waals surface area contributed by atoms with Gasteiger partial charge in [-0.15, -0.1) is 6.58 Å². The van der Waals surface area contributed by atoms with E-state index >= 15 is 0 Å². The van der Waals surface area contributed by atoms with E-state index in [0.717, 1.165) is 23.4 Å². The highest BCUT2D eigenvalue weighted by Crippen LogP contribution is 2.18. The van der Waals surface area contributed by atoms with Crippen LogP contribution in [0, 0.1) is 0 Å². The minimum absolute atomic E-state index is 0.819. The fourth-order valence-corrected chi connectivity index (χ4v) is 1.49. The van der Waals surface area contributed by atoms with E-state index in [-0.39, 0.29) is 0 Å². The molecular weight excluding hydrogens is 184 g/mol. The number of allylic oxidation sites excluding steroid dienone is 1. The van der Waals surface area contributed by atoms with Crippen molar-refractivity contribution in [1.29, 1.82) is 0 Å². The maximum Gasteiger partial charge on any atom is 0.0921 e. The van der Waals surface area contributed by atoms with Gasteiger partial charge in [-0.05, 0) is 30.2 Å². The zero-order valence-corrected chi connectivity index (χ0v) is 8.43. The zero-order chi connectivity index (χ0) is 10.5. The second kappa shape index (κ2) is 4.51. The predicted molar refractivity (Wildman–Crippen MR) is 61.4 cm³/mol. The standard InChI is InChI=1S/C13H12N2/c1-2-6-11-7-5-10-15-13(11)12-8-3-4-9-14-12/h2-5,7-10H,1,6H2. The van der Waals surface area contributed by atoms with Crippen LogP contribution >= 0.6 is 0 Å². The van der Waals surface area contributed by atoms with E-state index in [4.69, 9.17) is 0 Å². The Balaban J connectivity index is 2.48. The lowest BCUT2D eigenvalue weighted by atomic mass is 10.1. The van der Waals surface area contributed by atoms with E-state index in [2.05, 4.69) is 22.6 Å². The molecule has 74 valence electrons. The van der Waals surface area contributed by atoms with Crippen LogP contribution in [0.5, 0.6) is 0 Å². The summed E-state index contributed by atoms with van der Waals surface area (Å²) in [4.78, 5) is 8.65. The molecule has 2 heteroatoms. The van der Waals surface area contributed by atoms with Crippen LogP contribution in [-0.4, -0.2) is 9.97 Å². The second-order valence-corrected chi connectivity index (χ2v) is 3.22. The molecule has 0 saturated heterocycles. The van der Waals surface area contributed by atoms with Crippen LogP contribution in [0.4, 0.5) is 0 Å². The van der Waals surface area contributed by atoms with Gasteiger partial charge in [-0.25, -0.2) is 0 Å². The van der Waals surface area contributed by atoms with Gasteiger partial charge in [0.15, 0.2) is 0 Å². The Hall–Kier alpha value is -1.96. The van der Waals surface area contributed by atoms with Gasteiger partial charge in [-0.2, -0.15) is 0 Å². The maximum absolute atomic E-state index is 4.36. The first-order valence-corrected chi connectivity index (χ1v) is 4.88. The van der Waals surface area contributed by atoms with Crippen molar-refractivity contribution >= 4 is 0 Å². The lowest BCUT2D eigenvalue weighted by Crippen LogP contribution is -1.92. The Kier molecular flexibility index (Phi) is 2.88. The molecule has 2 aromatic rings. The number of hydrogen-bond donors (Lipinski definition) is 0. The third kappa shape index (κ3) is 2.10. The van der Waals surface area contributed by atoms with Crippen LogP contribution in [0.3, 0.4) is 0 Å². The SMILES string of the molecule is C=CCc1cccnc1-c1ccccn1. The number of pyridine rings is 2. The lowest BCUT2D eigenvalue weighted by Gasteiger charge is -2.04. The van der Waals surface area contributed by atoms with Crippen LogP contribution in [0.2, 0.25) is 0 Å². The average Bonchev–Trinajstić information content (AvgIpc) is 2.31. The van der Waals surface area contributed by atoms with Crippen LogP contribution in [0.1, 0.15) is 5.56 Å². The zero-order valence-electron chi connectivity index (χ0n) is 8.43. The molecule has 2 aromatic heterocycles. The van der Waals surface area contributed by atoms with Gasteiger partial charge in [-0.1, -0.05) is 18.2 Å². The topological polar surface area (TPSA) is 25.8 Å². The van der Waals surface area contributed by atoms with E-state index < -0.39 is 0 Å². The Labute approximate surface area is 89.3 Å². The molecule has 0 aliphatic carbocycles. The molecule has 0 saturated carbocycles. The first-order valence-electron chi connectivity index (χ1n) is 4.88. The van der Waals surface area contributed by atoms with Crippen LogP contribution in [0.25, 0.3) is 11.4 Å². The molecule has 0 N–H and O–H groups in total. The number of nitrogens with zero attached hydrogens (tertiary/aromatic N) is 2. The minimum atomic E-state index is 0.819. The number of hydrogen-bond acceptors (Lipinski definition) is 2. The summed E-state index contributed by atoms with van der Waals surface area (Å²) in [7, 11) is 0. The summed E-state index contributed by atoms with van der Waals surface area (Å²) in [6.45, 7) is 3.74. The molecule has 0 spiro atoms. The fourth-order valence-electron chi connectivity index (χ4n) is 1.49. The van der Waals surface area contributed by atoms with Crippen molar-refractivity contribution in [1.82, 2.24) is 9.97 Å². The molecule has 2 nitrogen and oxygen atoms in total. The van der Waals surface area contributed by atoms with Crippen molar-refractivity contribution in [2.45, 2.75) is 6.42 Å². The highest BCUT2D eigenvalue weighted by atomic mass is 14.8. The van der Waals surface area contributed by atoms with Gasteiger partial charge in [0.1, 0.15) is 0 Å². The Morgan fingerprint density at radius 3 is 2.67 bits per heavy atom. The third-order valence-corrected chi connectivity index (χ3v) is 2.16. The molecule has 2 heterocycles. The van der Waals surface area contributed by atoms with Crippen molar-refractivity contribution in [2.24, 2.45) is 0 Å². The van der Waals surface area contributed by atoms with Crippen molar-refractivity contribution in [3.05, 3.63) is 60.9 Å². The van der Waals surface area contributed by atoms with Gasteiger partial charge in [0.25, 0.3) is 0 Å². The van der Waals surface area contributed by atoms with Crippen LogP contribution < -0.4 is 0 Å². The highest BCUT2D eigenvalue weighted by Gasteiger charge is 2.04. The molecule has 0 atom stereocenters. The van der Waals surface area contributed by atoms with E-state index in [0.29, 0.717) is 0 Å². The van der Waals surface area contributed by atoms with E-state index in [1.165, 1.54) is 0 Å². The van der Waals surface area contributed by atoms with Crippen molar-refractivity contribution < 1.29 is 0 Å². The average molecular weight is 196 g/mol. The minimum Gasteiger partial charge on any atom is -0.255 e. The molecule has 15 heavy (non-hydrogen) atoms. The van der Waals surface area contributed by atoms with Gasteiger partial charge in [0.2, 0.25) is 0 Å². The molecule has 0 aromatic carbocycles. The van der Waals surface area contributed by atoms with Gasteiger partial charge >= 0.3 is 0 Å². The molecule has 2 rings (SSSR count). The molecule has 0 radical (unpaired) electrons. The molecular formula is C13H12N2. The molecule has 0 fully saturated rings. The van der Waals surface area contributed by atoms with Crippen LogP contribution in [0.15, 0.2) is 55.4 Å². The predicted octanol–water partition coefficient (Wildman–Crippen LogP) is 2.87. The van der Waals surface area contributed by atoms with E-state index in [9.17, 15) is 0 Å². The van der Waals surface area contributed by atoms with Crippen LogP contribution in [-0.2, 0) is 6.42 Å². The van der Waals surface area contributed by atoms with Gasteiger partial charge in [-0.3, -0.25) is 9.97 Å². The smallest absolute Gasteiger partial charge is 0.0921 e. The monoisotopic (exact) mass is 196 g/mol. The Morgan fingerprint density at radius 1 is 1.07 bits per heavy atom. The highest BCUT2D eigenvalue weighted by molar-refractivity contribution is 5.58. The van der Waals surface area contributed by atoms with E-state index in [1.54, 1.807) is 12.4 Å². The lowest BCUT2D eigenvalue weighted by molar-refractivity contribution is 1.17. The molecule has 0 bridgehead atoms. The van der Waals surface area contributed by atoms with Crippen molar-refractivity contribution in [3.63, 3.8) is 0 Å². The Morgan fingerprint density at radius 2 is 1.93 bits per heavy atom. The first-order chi connectivity index (χ1) is 7.42. The summed E-state index contributed by atoms with van der Waals surface area (Å²) in [5.41, 5.74) is 3.01. The normalized spacial score (nSPS) is 9.87. The van der Waals surface area contributed by atoms with Crippen molar-refractivity contribution in [3.8, 4) is 11.4 Å².